The Morgan fingerprint density at radius 3 is 2.88 bits per heavy atom. The van der Waals surface area contributed by atoms with E-state index < -0.39 is 5.63 Å². The molecule has 1 amide bonds. The lowest BCUT2D eigenvalue weighted by Gasteiger charge is -2.31. The number of aryl methyl sites for hydroxylation is 1. The fraction of sp³-hybridized carbons (Fsp3) is 0.444. The fourth-order valence-electron chi connectivity index (χ4n) is 3.08. The zero-order valence-electron chi connectivity index (χ0n) is 14.5. The maximum absolute atomic E-state index is 12.6. The number of aromatic hydroxyl groups is 1. The van der Waals surface area contributed by atoms with Gasteiger partial charge in [-0.25, -0.2) is 4.79 Å². The fourth-order valence-corrected chi connectivity index (χ4v) is 3.08. The van der Waals surface area contributed by atoms with E-state index in [1.165, 1.54) is 13.2 Å². The van der Waals surface area contributed by atoms with Gasteiger partial charge in [0.15, 0.2) is 11.5 Å². The van der Waals surface area contributed by atoms with Gasteiger partial charge < -0.3 is 23.9 Å². The topological polar surface area (TPSA) is 89.2 Å². The molecule has 1 aromatic carbocycles. The molecule has 1 aliphatic rings. The Morgan fingerprint density at radius 2 is 2.20 bits per heavy atom. The summed E-state index contributed by atoms with van der Waals surface area (Å²) in [5.41, 5.74) is 0.671. The van der Waals surface area contributed by atoms with Crippen LogP contribution < -0.4 is 10.4 Å². The predicted molar refractivity (Wildman–Crippen MR) is 91.1 cm³/mol. The van der Waals surface area contributed by atoms with Crippen molar-refractivity contribution in [2.75, 3.05) is 26.8 Å². The number of fused-ring (bicyclic) bond motifs is 1. The van der Waals surface area contributed by atoms with Crippen molar-refractivity contribution < 1.29 is 23.8 Å². The first-order valence-electron chi connectivity index (χ1n) is 8.13. The second-order valence-electron chi connectivity index (χ2n) is 6.21. The van der Waals surface area contributed by atoms with Crippen molar-refractivity contribution in [3.8, 4) is 11.5 Å². The van der Waals surface area contributed by atoms with Gasteiger partial charge in [-0.2, -0.15) is 0 Å². The van der Waals surface area contributed by atoms with Crippen molar-refractivity contribution in [1.29, 1.82) is 0 Å². The number of rotatable bonds is 3. The molecule has 0 spiro atoms. The molecule has 25 heavy (non-hydrogen) atoms. The highest BCUT2D eigenvalue weighted by molar-refractivity contribution is 5.86. The van der Waals surface area contributed by atoms with Crippen molar-refractivity contribution in [2.24, 2.45) is 0 Å². The highest BCUT2D eigenvalue weighted by Crippen LogP contribution is 2.32. The van der Waals surface area contributed by atoms with Crippen LogP contribution >= 0.6 is 0 Å². The van der Waals surface area contributed by atoms with Crippen molar-refractivity contribution in [2.45, 2.75) is 26.4 Å². The number of amides is 1. The normalized spacial score (nSPS) is 17.7. The molecule has 1 atom stereocenters. The molecule has 1 fully saturated rings. The van der Waals surface area contributed by atoms with E-state index in [4.69, 9.17) is 13.9 Å². The Kier molecular flexibility index (Phi) is 4.67. The molecule has 1 N–H and O–H groups in total. The third kappa shape index (κ3) is 3.32. The molecule has 0 bridgehead atoms. The molecular weight excluding hydrogens is 326 g/mol. The number of phenols is 1. The first-order chi connectivity index (χ1) is 11.9. The number of ether oxygens (including phenoxy) is 2. The van der Waals surface area contributed by atoms with E-state index in [1.807, 2.05) is 6.92 Å². The van der Waals surface area contributed by atoms with Crippen LogP contribution in [-0.4, -0.2) is 48.8 Å². The lowest BCUT2D eigenvalue weighted by atomic mass is 10.0. The average molecular weight is 347 g/mol. The summed E-state index contributed by atoms with van der Waals surface area (Å²) in [4.78, 5) is 26.6. The van der Waals surface area contributed by atoms with E-state index in [0.29, 0.717) is 36.2 Å². The van der Waals surface area contributed by atoms with Crippen LogP contribution in [0.2, 0.25) is 0 Å². The predicted octanol–water partition coefficient (Wildman–Crippen LogP) is 1.61. The minimum atomic E-state index is -0.566. The van der Waals surface area contributed by atoms with E-state index in [2.05, 4.69) is 0 Å². The molecular formula is C18H21NO6. The first-order valence-corrected chi connectivity index (χ1v) is 8.13. The summed E-state index contributed by atoms with van der Waals surface area (Å²) in [7, 11) is 1.44. The van der Waals surface area contributed by atoms with E-state index in [0.717, 1.165) is 0 Å². The molecule has 1 aromatic heterocycles. The van der Waals surface area contributed by atoms with Gasteiger partial charge in [-0.1, -0.05) is 0 Å². The quantitative estimate of drug-likeness (QED) is 0.849. The highest BCUT2D eigenvalue weighted by atomic mass is 16.5. The Balaban J connectivity index is 1.97. The molecule has 7 heteroatoms. The number of carbonyl (C=O) groups is 1. The van der Waals surface area contributed by atoms with E-state index in [9.17, 15) is 14.7 Å². The van der Waals surface area contributed by atoms with Gasteiger partial charge in [-0.05, 0) is 25.5 Å². The number of methoxy groups -OCH3 is 1. The molecule has 1 saturated heterocycles. The van der Waals surface area contributed by atoms with Gasteiger partial charge in [0.2, 0.25) is 5.91 Å². The van der Waals surface area contributed by atoms with Gasteiger partial charge in [0.25, 0.3) is 0 Å². The Morgan fingerprint density at radius 1 is 1.44 bits per heavy atom. The summed E-state index contributed by atoms with van der Waals surface area (Å²) in [5, 5.41) is 10.5. The molecule has 0 unspecified atom stereocenters. The summed E-state index contributed by atoms with van der Waals surface area (Å²) in [6, 6.07) is 2.95. The number of hydrogen-bond acceptors (Lipinski definition) is 6. The summed E-state index contributed by atoms with van der Waals surface area (Å²) in [6.07, 6.45) is -0.0425. The van der Waals surface area contributed by atoms with Crippen LogP contribution in [0.5, 0.6) is 11.5 Å². The van der Waals surface area contributed by atoms with E-state index in [-0.39, 0.29) is 35.5 Å². The third-order valence-corrected chi connectivity index (χ3v) is 4.51. The molecule has 0 radical (unpaired) electrons. The summed E-state index contributed by atoms with van der Waals surface area (Å²) >= 11 is 0. The largest absolute Gasteiger partial charge is 0.504 e. The average Bonchev–Trinajstić information content (AvgIpc) is 2.58. The van der Waals surface area contributed by atoms with Gasteiger partial charge in [-0.3, -0.25) is 4.79 Å². The minimum Gasteiger partial charge on any atom is -0.504 e. The standard InChI is InChI=1S/C18H21NO6/c1-10-9-19(4-5-24-10)17(21)7-13-11(2)12-6-16(23-3)14(20)8-15(12)25-18(13)22/h6,8,10,20H,4-5,7,9H2,1-3H3/t10-/m1/s1. The van der Waals surface area contributed by atoms with Crippen molar-refractivity contribution >= 4 is 16.9 Å². The number of carbonyl (C=O) groups excluding carboxylic acids is 1. The summed E-state index contributed by atoms with van der Waals surface area (Å²) in [6.45, 7) is 5.20. The Labute approximate surface area is 144 Å². The van der Waals surface area contributed by atoms with E-state index in [1.54, 1.807) is 17.9 Å². The van der Waals surface area contributed by atoms with Crippen molar-refractivity contribution in [3.05, 3.63) is 33.7 Å². The van der Waals surface area contributed by atoms with Gasteiger partial charge in [0, 0.05) is 24.5 Å². The summed E-state index contributed by atoms with van der Waals surface area (Å²) < 4.78 is 15.8. The lowest BCUT2D eigenvalue weighted by Crippen LogP contribution is -2.45. The third-order valence-electron chi connectivity index (χ3n) is 4.51. The van der Waals surface area contributed by atoms with Crippen LogP contribution in [0.4, 0.5) is 0 Å². The molecule has 2 aromatic rings. The second-order valence-corrected chi connectivity index (χ2v) is 6.21. The molecule has 0 saturated carbocycles. The van der Waals surface area contributed by atoms with Crippen LogP contribution in [0.1, 0.15) is 18.1 Å². The molecule has 3 rings (SSSR count). The molecule has 7 nitrogen and oxygen atoms in total. The maximum Gasteiger partial charge on any atom is 0.340 e. The van der Waals surface area contributed by atoms with Gasteiger partial charge >= 0.3 is 5.63 Å². The van der Waals surface area contributed by atoms with Crippen LogP contribution in [0, 0.1) is 6.92 Å². The van der Waals surface area contributed by atoms with Crippen LogP contribution in [-0.2, 0) is 16.0 Å². The smallest absolute Gasteiger partial charge is 0.340 e. The van der Waals surface area contributed by atoms with Crippen molar-refractivity contribution in [1.82, 2.24) is 4.90 Å². The van der Waals surface area contributed by atoms with Crippen LogP contribution in [0.15, 0.2) is 21.3 Å². The number of morpholine rings is 1. The Bertz CT molecular complexity index is 872. The zero-order valence-corrected chi connectivity index (χ0v) is 14.5. The lowest BCUT2D eigenvalue weighted by molar-refractivity contribution is -0.137. The molecule has 1 aliphatic heterocycles. The highest BCUT2D eigenvalue weighted by Gasteiger charge is 2.24. The zero-order chi connectivity index (χ0) is 18.1. The van der Waals surface area contributed by atoms with Gasteiger partial charge in [0.1, 0.15) is 5.58 Å². The number of hydrogen-bond donors (Lipinski definition) is 1. The minimum absolute atomic E-state index is 0.0148. The van der Waals surface area contributed by atoms with Crippen LogP contribution in [0.3, 0.4) is 0 Å². The molecule has 0 aliphatic carbocycles. The van der Waals surface area contributed by atoms with Gasteiger partial charge in [-0.15, -0.1) is 0 Å². The Hall–Kier alpha value is -2.54. The van der Waals surface area contributed by atoms with Gasteiger partial charge in [0.05, 0.1) is 31.8 Å². The van der Waals surface area contributed by atoms with E-state index >= 15 is 0 Å². The van der Waals surface area contributed by atoms with Crippen molar-refractivity contribution in [3.63, 3.8) is 0 Å². The second kappa shape index (κ2) is 6.76. The first kappa shape index (κ1) is 17.3. The number of benzene rings is 1. The number of nitrogens with zero attached hydrogens (tertiary/aromatic N) is 1. The molecule has 134 valence electrons. The monoisotopic (exact) mass is 347 g/mol. The summed E-state index contributed by atoms with van der Waals surface area (Å²) in [5.74, 6) is 0.0445. The molecule has 2 heterocycles. The number of phenolic OH excluding ortho intramolecular Hbond substituents is 1. The maximum atomic E-state index is 12.6. The SMILES string of the molecule is COc1cc2c(C)c(CC(=O)N3CCO[C@H](C)C3)c(=O)oc2cc1O. The van der Waals surface area contributed by atoms with Crippen LogP contribution in [0.25, 0.3) is 11.0 Å².